The first kappa shape index (κ1) is 17.5. The molecule has 1 amide bonds. The lowest BCUT2D eigenvalue weighted by atomic mass is 10.1. The predicted molar refractivity (Wildman–Crippen MR) is 97.1 cm³/mol. The number of carbonyl (C=O) groups excluding carboxylic acids is 1. The summed E-state index contributed by atoms with van der Waals surface area (Å²) < 4.78 is 26.6. The van der Waals surface area contributed by atoms with Gasteiger partial charge in [-0.3, -0.25) is 4.79 Å². The third-order valence-electron chi connectivity index (χ3n) is 3.92. The molecule has 0 aliphatic carbocycles. The number of nitrogens with zero attached hydrogens (tertiary/aromatic N) is 1. The first-order valence-corrected chi connectivity index (χ1v) is 8.04. The Balaban J connectivity index is 1.70. The van der Waals surface area contributed by atoms with Crippen LogP contribution >= 0.6 is 0 Å². The molecule has 0 aliphatic heterocycles. The van der Waals surface area contributed by atoms with Gasteiger partial charge in [-0.1, -0.05) is 24.3 Å². The van der Waals surface area contributed by atoms with Gasteiger partial charge in [0.15, 0.2) is 0 Å². The molecule has 3 aromatic rings. The molecule has 0 saturated heterocycles. The molecule has 0 saturated carbocycles. The number of amides is 1. The van der Waals surface area contributed by atoms with Crippen LogP contribution in [0.25, 0.3) is 0 Å². The normalized spacial score (nSPS) is 10.4. The zero-order chi connectivity index (χ0) is 18.5. The van der Waals surface area contributed by atoms with Gasteiger partial charge in [0.05, 0.1) is 5.69 Å². The number of carbonyl (C=O) groups is 1. The topological polar surface area (TPSA) is 54.0 Å². The van der Waals surface area contributed by atoms with Crippen LogP contribution in [0.2, 0.25) is 0 Å². The van der Waals surface area contributed by atoms with Crippen LogP contribution in [0.5, 0.6) is 0 Å². The molecule has 0 spiro atoms. The molecule has 0 atom stereocenters. The van der Waals surface area contributed by atoms with Crippen molar-refractivity contribution in [3.8, 4) is 0 Å². The second kappa shape index (κ2) is 7.74. The molecule has 6 heteroatoms. The van der Waals surface area contributed by atoms with Crippen molar-refractivity contribution in [3.63, 3.8) is 0 Å². The van der Waals surface area contributed by atoms with E-state index in [1.807, 2.05) is 31.2 Å². The molecule has 26 heavy (non-hydrogen) atoms. The molecule has 0 aliphatic rings. The second-order valence-corrected chi connectivity index (χ2v) is 5.79. The smallest absolute Gasteiger partial charge is 0.255 e. The van der Waals surface area contributed by atoms with Crippen molar-refractivity contribution in [3.05, 3.63) is 89.1 Å². The quantitative estimate of drug-likeness (QED) is 0.708. The molecule has 132 valence electrons. The predicted octanol–water partition coefficient (Wildman–Crippen LogP) is 4.53. The highest BCUT2D eigenvalue weighted by atomic mass is 19.1. The molecule has 1 heterocycles. The highest BCUT2D eigenvalue weighted by Crippen LogP contribution is 2.17. The highest BCUT2D eigenvalue weighted by molar-refractivity contribution is 6.04. The number of benzene rings is 2. The summed E-state index contributed by atoms with van der Waals surface area (Å²) in [6, 6.07) is 14.0. The average molecular weight is 353 g/mol. The van der Waals surface area contributed by atoms with E-state index in [1.54, 1.807) is 6.07 Å². The number of anilines is 2. The maximum Gasteiger partial charge on any atom is 0.255 e. The molecule has 0 fully saturated rings. The minimum atomic E-state index is -0.828. The number of hydrogen-bond donors (Lipinski definition) is 2. The van der Waals surface area contributed by atoms with Crippen LogP contribution in [0.1, 0.15) is 21.5 Å². The van der Waals surface area contributed by atoms with Gasteiger partial charge >= 0.3 is 0 Å². The van der Waals surface area contributed by atoms with Crippen LogP contribution in [0.15, 0.2) is 60.8 Å². The Morgan fingerprint density at radius 3 is 2.65 bits per heavy atom. The van der Waals surface area contributed by atoms with Gasteiger partial charge in [0.1, 0.15) is 17.5 Å². The van der Waals surface area contributed by atoms with Gasteiger partial charge < -0.3 is 10.6 Å². The monoisotopic (exact) mass is 353 g/mol. The molecule has 0 bridgehead atoms. The van der Waals surface area contributed by atoms with Gasteiger partial charge in [-0.15, -0.1) is 0 Å². The highest BCUT2D eigenvalue weighted by Gasteiger charge is 2.11. The Kier molecular flexibility index (Phi) is 5.22. The maximum atomic E-state index is 13.7. The molecule has 4 nitrogen and oxygen atoms in total. The average Bonchev–Trinajstić information content (AvgIpc) is 2.63. The zero-order valence-electron chi connectivity index (χ0n) is 14.1. The summed E-state index contributed by atoms with van der Waals surface area (Å²) in [5, 5.41) is 5.59. The van der Waals surface area contributed by atoms with E-state index in [0.29, 0.717) is 17.9 Å². The summed E-state index contributed by atoms with van der Waals surface area (Å²) in [6.07, 6.45) is 1.50. The van der Waals surface area contributed by atoms with Gasteiger partial charge in [0.2, 0.25) is 0 Å². The fraction of sp³-hybridized carbons (Fsp3) is 0.100. The molecule has 3 rings (SSSR count). The minimum Gasteiger partial charge on any atom is -0.366 e. The lowest BCUT2D eigenvalue weighted by Gasteiger charge is -2.10. The van der Waals surface area contributed by atoms with E-state index in [1.165, 1.54) is 18.3 Å². The first-order valence-electron chi connectivity index (χ1n) is 8.04. The van der Waals surface area contributed by atoms with Crippen LogP contribution in [-0.4, -0.2) is 10.9 Å². The van der Waals surface area contributed by atoms with Gasteiger partial charge in [0, 0.05) is 24.4 Å². The maximum absolute atomic E-state index is 13.7. The Bertz CT molecular complexity index is 944. The Morgan fingerprint density at radius 2 is 1.88 bits per heavy atom. The molecule has 0 radical (unpaired) electrons. The third kappa shape index (κ3) is 4.22. The van der Waals surface area contributed by atoms with Crippen LogP contribution in [0.4, 0.5) is 20.3 Å². The van der Waals surface area contributed by atoms with Crippen molar-refractivity contribution < 1.29 is 13.6 Å². The van der Waals surface area contributed by atoms with E-state index in [2.05, 4.69) is 15.6 Å². The number of aryl methyl sites for hydroxylation is 1. The number of pyridine rings is 1. The zero-order valence-corrected chi connectivity index (χ0v) is 14.1. The fourth-order valence-electron chi connectivity index (χ4n) is 2.45. The van der Waals surface area contributed by atoms with Crippen molar-refractivity contribution in [2.75, 3.05) is 10.6 Å². The van der Waals surface area contributed by atoms with E-state index in [9.17, 15) is 13.6 Å². The van der Waals surface area contributed by atoms with Crippen LogP contribution in [-0.2, 0) is 6.54 Å². The van der Waals surface area contributed by atoms with Gasteiger partial charge in [-0.25, -0.2) is 13.8 Å². The van der Waals surface area contributed by atoms with E-state index < -0.39 is 17.5 Å². The number of nitrogens with one attached hydrogen (secondary N) is 2. The summed E-state index contributed by atoms with van der Waals surface area (Å²) in [5.74, 6) is -1.50. The van der Waals surface area contributed by atoms with Crippen molar-refractivity contribution in [1.29, 1.82) is 0 Å². The third-order valence-corrected chi connectivity index (χ3v) is 3.92. The van der Waals surface area contributed by atoms with E-state index in [0.717, 1.165) is 23.3 Å². The standard InChI is InChI=1S/C20H17F2N3O/c1-13-4-2-3-5-15(13)12-24-19-10-14(8-9-23-19)20(26)25-18-7-6-16(21)11-17(18)22/h2-11H,12H2,1H3,(H,23,24)(H,25,26). The molecule has 0 unspecified atom stereocenters. The first-order chi connectivity index (χ1) is 12.5. The number of hydrogen-bond acceptors (Lipinski definition) is 3. The fourth-order valence-corrected chi connectivity index (χ4v) is 2.45. The van der Waals surface area contributed by atoms with Gasteiger partial charge in [0.25, 0.3) is 5.91 Å². The Morgan fingerprint density at radius 1 is 1.08 bits per heavy atom. The SMILES string of the molecule is Cc1ccccc1CNc1cc(C(=O)Nc2ccc(F)cc2F)ccn1. The summed E-state index contributed by atoms with van der Waals surface area (Å²) in [5.41, 5.74) is 2.51. The van der Waals surface area contributed by atoms with E-state index in [4.69, 9.17) is 0 Å². The molecule has 2 N–H and O–H groups in total. The number of aromatic nitrogens is 1. The summed E-state index contributed by atoms with van der Waals surface area (Å²) >= 11 is 0. The lowest BCUT2D eigenvalue weighted by Crippen LogP contribution is -2.14. The van der Waals surface area contributed by atoms with E-state index in [-0.39, 0.29) is 5.69 Å². The summed E-state index contributed by atoms with van der Waals surface area (Å²) in [4.78, 5) is 16.5. The van der Waals surface area contributed by atoms with Gasteiger partial charge in [-0.2, -0.15) is 0 Å². The Labute approximate surface area is 149 Å². The van der Waals surface area contributed by atoms with Crippen molar-refractivity contribution >= 4 is 17.4 Å². The lowest BCUT2D eigenvalue weighted by molar-refractivity contribution is 0.102. The molecular formula is C20H17F2N3O. The molecular weight excluding hydrogens is 336 g/mol. The number of rotatable bonds is 5. The van der Waals surface area contributed by atoms with Crippen LogP contribution < -0.4 is 10.6 Å². The van der Waals surface area contributed by atoms with Crippen molar-refractivity contribution in [2.24, 2.45) is 0 Å². The summed E-state index contributed by atoms with van der Waals surface area (Å²) in [7, 11) is 0. The van der Waals surface area contributed by atoms with Gasteiger partial charge in [-0.05, 0) is 42.3 Å². The second-order valence-electron chi connectivity index (χ2n) is 5.79. The van der Waals surface area contributed by atoms with Crippen molar-refractivity contribution in [2.45, 2.75) is 13.5 Å². The van der Waals surface area contributed by atoms with Crippen LogP contribution in [0.3, 0.4) is 0 Å². The largest absolute Gasteiger partial charge is 0.366 e. The van der Waals surface area contributed by atoms with E-state index >= 15 is 0 Å². The van der Waals surface area contributed by atoms with Crippen molar-refractivity contribution in [1.82, 2.24) is 4.98 Å². The van der Waals surface area contributed by atoms with Crippen LogP contribution in [0, 0.1) is 18.6 Å². The minimum absolute atomic E-state index is 0.0809. The molecule has 2 aromatic carbocycles. The molecule has 1 aromatic heterocycles. The summed E-state index contributed by atoms with van der Waals surface area (Å²) in [6.45, 7) is 2.59. The Hall–Kier alpha value is -3.28. The number of halogens is 2.